The molecule has 0 bridgehead atoms. The third-order valence-electron chi connectivity index (χ3n) is 5.39. The Morgan fingerprint density at radius 1 is 1.14 bits per heavy atom. The summed E-state index contributed by atoms with van der Waals surface area (Å²) in [6, 6.07) is 0.647. The molecule has 2 atom stereocenters. The largest absolute Gasteiger partial charge is 0.378 e. The van der Waals surface area contributed by atoms with E-state index < -0.39 is 0 Å². The van der Waals surface area contributed by atoms with E-state index in [1.807, 2.05) is 0 Å². The predicted molar refractivity (Wildman–Crippen MR) is 89.7 cm³/mol. The zero-order chi connectivity index (χ0) is 14.9. The Morgan fingerprint density at radius 2 is 1.95 bits per heavy atom. The van der Waals surface area contributed by atoms with Gasteiger partial charge in [0.25, 0.3) is 0 Å². The molecular formula is C18H36N2O. The Labute approximate surface area is 131 Å². The Bertz CT molecular complexity index is 266. The highest BCUT2D eigenvalue weighted by molar-refractivity contribution is 4.79. The standard InChI is InChI=1S/C18H36N2O/c1-3-20-13-7-9-17(15-20)16(2)19-12-8-14-21-18-10-5-4-6-11-18/h16-19H,3-15H2,1-2H3. The molecule has 2 aliphatic rings. The van der Waals surface area contributed by atoms with Gasteiger partial charge in [0, 0.05) is 19.2 Å². The van der Waals surface area contributed by atoms with E-state index in [0.29, 0.717) is 12.1 Å². The third-order valence-corrected chi connectivity index (χ3v) is 5.39. The van der Waals surface area contributed by atoms with Crippen molar-refractivity contribution in [3.63, 3.8) is 0 Å². The fourth-order valence-corrected chi connectivity index (χ4v) is 3.84. The number of ether oxygens (including phenoxy) is 1. The van der Waals surface area contributed by atoms with Crippen LogP contribution >= 0.6 is 0 Å². The number of likely N-dealkylation sites (tertiary alicyclic amines) is 1. The number of hydrogen-bond donors (Lipinski definition) is 1. The SMILES string of the molecule is CCN1CCCC(C(C)NCCCOC2CCCCC2)C1. The molecule has 124 valence electrons. The van der Waals surface area contributed by atoms with Crippen LogP contribution in [0.1, 0.15) is 65.2 Å². The summed E-state index contributed by atoms with van der Waals surface area (Å²) in [7, 11) is 0. The van der Waals surface area contributed by atoms with Crippen LogP contribution in [0.4, 0.5) is 0 Å². The average molecular weight is 296 g/mol. The lowest BCUT2D eigenvalue weighted by molar-refractivity contribution is 0.0268. The van der Waals surface area contributed by atoms with Crippen molar-refractivity contribution in [2.75, 3.05) is 32.8 Å². The Kier molecular flexibility index (Phi) is 8.05. The maximum absolute atomic E-state index is 6.00. The summed E-state index contributed by atoms with van der Waals surface area (Å²) in [4.78, 5) is 2.60. The van der Waals surface area contributed by atoms with Crippen molar-refractivity contribution in [3.05, 3.63) is 0 Å². The summed E-state index contributed by atoms with van der Waals surface area (Å²) in [6.07, 6.45) is 11.2. The molecule has 1 saturated carbocycles. The first kappa shape index (κ1) is 17.2. The van der Waals surface area contributed by atoms with Crippen LogP contribution in [0.15, 0.2) is 0 Å². The molecule has 1 heterocycles. The van der Waals surface area contributed by atoms with Crippen LogP contribution in [-0.2, 0) is 4.74 Å². The van der Waals surface area contributed by atoms with Crippen molar-refractivity contribution < 1.29 is 4.74 Å². The highest BCUT2D eigenvalue weighted by Gasteiger charge is 2.23. The van der Waals surface area contributed by atoms with Gasteiger partial charge in [0.15, 0.2) is 0 Å². The van der Waals surface area contributed by atoms with Gasteiger partial charge in [0.05, 0.1) is 6.10 Å². The van der Waals surface area contributed by atoms with Crippen LogP contribution < -0.4 is 5.32 Å². The summed E-state index contributed by atoms with van der Waals surface area (Å²) in [6.45, 7) is 10.5. The van der Waals surface area contributed by atoms with Gasteiger partial charge in [-0.15, -0.1) is 0 Å². The first-order valence-electron chi connectivity index (χ1n) is 9.37. The average Bonchev–Trinajstić information content (AvgIpc) is 2.55. The highest BCUT2D eigenvalue weighted by atomic mass is 16.5. The molecule has 0 aromatic heterocycles. The monoisotopic (exact) mass is 296 g/mol. The number of nitrogens with zero attached hydrogens (tertiary/aromatic N) is 1. The fourth-order valence-electron chi connectivity index (χ4n) is 3.84. The Morgan fingerprint density at radius 3 is 2.71 bits per heavy atom. The lowest BCUT2D eigenvalue weighted by Gasteiger charge is -2.35. The maximum Gasteiger partial charge on any atom is 0.0575 e. The van der Waals surface area contributed by atoms with Gasteiger partial charge in [-0.25, -0.2) is 0 Å². The second-order valence-corrected chi connectivity index (χ2v) is 7.02. The van der Waals surface area contributed by atoms with E-state index in [2.05, 4.69) is 24.1 Å². The predicted octanol–water partition coefficient (Wildman–Crippen LogP) is 3.44. The first-order chi connectivity index (χ1) is 10.3. The van der Waals surface area contributed by atoms with Crippen molar-refractivity contribution in [2.24, 2.45) is 5.92 Å². The molecule has 3 nitrogen and oxygen atoms in total. The van der Waals surface area contributed by atoms with Gasteiger partial charge in [0.1, 0.15) is 0 Å². The quantitative estimate of drug-likeness (QED) is 0.695. The number of hydrogen-bond acceptors (Lipinski definition) is 3. The molecule has 0 amide bonds. The molecule has 1 aliphatic heterocycles. The lowest BCUT2D eigenvalue weighted by Crippen LogP contribution is -2.44. The second kappa shape index (κ2) is 9.81. The van der Waals surface area contributed by atoms with E-state index in [1.54, 1.807) is 0 Å². The van der Waals surface area contributed by atoms with E-state index in [0.717, 1.165) is 25.5 Å². The van der Waals surface area contributed by atoms with E-state index in [9.17, 15) is 0 Å². The van der Waals surface area contributed by atoms with Crippen molar-refractivity contribution >= 4 is 0 Å². The van der Waals surface area contributed by atoms with Gasteiger partial charge in [-0.3, -0.25) is 0 Å². The van der Waals surface area contributed by atoms with Crippen LogP contribution in [0, 0.1) is 5.92 Å². The molecule has 2 rings (SSSR count). The molecule has 0 radical (unpaired) electrons. The van der Waals surface area contributed by atoms with Crippen LogP contribution in [0.5, 0.6) is 0 Å². The van der Waals surface area contributed by atoms with Crippen LogP contribution in [-0.4, -0.2) is 49.8 Å². The van der Waals surface area contributed by atoms with Gasteiger partial charge in [-0.05, 0) is 64.6 Å². The highest BCUT2D eigenvalue weighted by Crippen LogP contribution is 2.21. The normalized spacial score (nSPS) is 26.9. The summed E-state index contributed by atoms with van der Waals surface area (Å²) >= 11 is 0. The van der Waals surface area contributed by atoms with Gasteiger partial charge in [-0.1, -0.05) is 26.2 Å². The third kappa shape index (κ3) is 6.25. The summed E-state index contributed by atoms with van der Waals surface area (Å²) < 4.78 is 6.00. The van der Waals surface area contributed by atoms with E-state index in [1.165, 1.54) is 64.6 Å². The van der Waals surface area contributed by atoms with Crippen molar-refractivity contribution in [3.8, 4) is 0 Å². The van der Waals surface area contributed by atoms with Crippen LogP contribution in [0.25, 0.3) is 0 Å². The molecule has 0 aromatic rings. The summed E-state index contributed by atoms with van der Waals surface area (Å²) in [5.74, 6) is 0.831. The van der Waals surface area contributed by atoms with Gasteiger partial charge in [0.2, 0.25) is 0 Å². The van der Waals surface area contributed by atoms with Crippen molar-refractivity contribution in [2.45, 2.75) is 77.4 Å². The van der Waals surface area contributed by atoms with Crippen LogP contribution in [0.2, 0.25) is 0 Å². The number of nitrogens with one attached hydrogen (secondary N) is 1. The van der Waals surface area contributed by atoms with E-state index in [-0.39, 0.29) is 0 Å². The molecule has 0 spiro atoms. The smallest absolute Gasteiger partial charge is 0.0575 e. The topological polar surface area (TPSA) is 24.5 Å². The minimum Gasteiger partial charge on any atom is -0.378 e. The molecule has 21 heavy (non-hydrogen) atoms. The maximum atomic E-state index is 6.00. The zero-order valence-corrected chi connectivity index (χ0v) is 14.3. The van der Waals surface area contributed by atoms with Gasteiger partial charge in [-0.2, -0.15) is 0 Å². The number of piperidine rings is 1. The van der Waals surface area contributed by atoms with Crippen LogP contribution in [0.3, 0.4) is 0 Å². The second-order valence-electron chi connectivity index (χ2n) is 7.02. The minimum atomic E-state index is 0.563. The minimum absolute atomic E-state index is 0.563. The molecule has 3 heteroatoms. The van der Waals surface area contributed by atoms with Crippen molar-refractivity contribution in [1.82, 2.24) is 10.2 Å². The zero-order valence-electron chi connectivity index (χ0n) is 14.3. The molecule has 1 saturated heterocycles. The molecule has 0 aromatic carbocycles. The Hall–Kier alpha value is -0.120. The molecule has 1 aliphatic carbocycles. The summed E-state index contributed by atoms with van der Waals surface area (Å²) in [5, 5.41) is 3.73. The summed E-state index contributed by atoms with van der Waals surface area (Å²) in [5.41, 5.74) is 0. The molecule has 2 unspecified atom stereocenters. The van der Waals surface area contributed by atoms with Crippen molar-refractivity contribution in [1.29, 1.82) is 0 Å². The van der Waals surface area contributed by atoms with Gasteiger partial charge < -0.3 is 15.0 Å². The Balaban J connectivity index is 1.51. The first-order valence-corrected chi connectivity index (χ1v) is 9.37. The molecular weight excluding hydrogens is 260 g/mol. The van der Waals surface area contributed by atoms with E-state index >= 15 is 0 Å². The lowest BCUT2D eigenvalue weighted by atomic mass is 9.91. The van der Waals surface area contributed by atoms with Gasteiger partial charge >= 0.3 is 0 Å². The van der Waals surface area contributed by atoms with E-state index in [4.69, 9.17) is 4.74 Å². The number of rotatable bonds is 8. The molecule has 2 fully saturated rings. The fraction of sp³-hybridized carbons (Fsp3) is 1.00. The molecule has 1 N–H and O–H groups in total.